The van der Waals surface area contributed by atoms with Crippen LogP contribution in [-0.4, -0.2) is 25.3 Å². The molecule has 0 aromatic rings. The largest absolute Gasteiger partial charge is 0.381 e. The molecule has 2 atom stereocenters. The Morgan fingerprint density at radius 2 is 2.08 bits per heavy atom. The fraction of sp³-hybridized carbons (Fsp3) is 1.00. The first-order valence-electron chi connectivity index (χ1n) is 5.58. The van der Waals surface area contributed by atoms with Crippen LogP contribution in [-0.2, 0) is 4.74 Å². The molecule has 1 aliphatic carbocycles. The molecule has 2 aliphatic rings. The van der Waals surface area contributed by atoms with E-state index in [4.69, 9.17) is 4.74 Å². The van der Waals surface area contributed by atoms with Crippen LogP contribution in [0.15, 0.2) is 0 Å². The van der Waals surface area contributed by atoms with Gasteiger partial charge in [0.25, 0.3) is 0 Å². The molecule has 0 amide bonds. The molecule has 2 nitrogen and oxygen atoms in total. The summed E-state index contributed by atoms with van der Waals surface area (Å²) in [5, 5.41) is 3.75. The van der Waals surface area contributed by atoms with E-state index in [9.17, 15) is 0 Å². The van der Waals surface area contributed by atoms with E-state index in [-0.39, 0.29) is 0 Å². The topological polar surface area (TPSA) is 21.3 Å². The first kappa shape index (κ1) is 9.47. The highest BCUT2D eigenvalue weighted by Crippen LogP contribution is 2.48. The van der Waals surface area contributed by atoms with E-state index >= 15 is 0 Å². The number of ether oxygens (including phenoxy) is 1. The molecule has 1 saturated carbocycles. The van der Waals surface area contributed by atoms with Crippen LogP contribution in [0.4, 0.5) is 0 Å². The molecular formula is C11H21NO. The van der Waals surface area contributed by atoms with Crippen LogP contribution in [0.25, 0.3) is 0 Å². The lowest BCUT2D eigenvalue weighted by molar-refractivity contribution is 0.0766. The Kier molecular flexibility index (Phi) is 2.61. The highest BCUT2D eigenvalue weighted by molar-refractivity contribution is 5.04. The van der Waals surface area contributed by atoms with Gasteiger partial charge in [-0.05, 0) is 31.1 Å². The molecule has 0 aromatic carbocycles. The smallest absolute Gasteiger partial charge is 0.0480 e. The fourth-order valence-corrected chi connectivity index (χ4v) is 2.21. The van der Waals surface area contributed by atoms with Gasteiger partial charge in [-0.2, -0.15) is 0 Å². The van der Waals surface area contributed by atoms with Crippen molar-refractivity contribution in [2.24, 2.45) is 5.41 Å². The lowest BCUT2D eigenvalue weighted by Gasteiger charge is -2.24. The first-order chi connectivity index (χ1) is 6.24. The summed E-state index contributed by atoms with van der Waals surface area (Å²) in [6, 6.07) is 1.52. The molecule has 13 heavy (non-hydrogen) atoms. The van der Waals surface area contributed by atoms with Gasteiger partial charge in [0, 0.05) is 25.3 Å². The molecule has 76 valence electrons. The lowest BCUT2D eigenvalue weighted by Crippen LogP contribution is -2.37. The summed E-state index contributed by atoms with van der Waals surface area (Å²) in [4.78, 5) is 0. The highest BCUT2D eigenvalue weighted by atomic mass is 16.5. The maximum Gasteiger partial charge on any atom is 0.0480 e. The van der Waals surface area contributed by atoms with Gasteiger partial charge in [-0.3, -0.25) is 0 Å². The van der Waals surface area contributed by atoms with Gasteiger partial charge in [-0.25, -0.2) is 0 Å². The summed E-state index contributed by atoms with van der Waals surface area (Å²) in [5.41, 5.74) is 0.609. The maximum atomic E-state index is 5.34. The van der Waals surface area contributed by atoms with Gasteiger partial charge in [-0.1, -0.05) is 13.8 Å². The third kappa shape index (κ3) is 2.05. The van der Waals surface area contributed by atoms with Gasteiger partial charge in [0.1, 0.15) is 0 Å². The Bertz CT molecular complexity index is 174. The van der Waals surface area contributed by atoms with E-state index in [1.54, 1.807) is 0 Å². The summed E-state index contributed by atoms with van der Waals surface area (Å²) >= 11 is 0. The van der Waals surface area contributed by atoms with E-state index < -0.39 is 0 Å². The minimum Gasteiger partial charge on any atom is -0.381 e. The predicted octanol–water partition coefficient (Wildman–Crippen LogP) is 1.94. The molecule has 2 fully saturated rings. The molecule has 0 bridgehead atoms. The van der Waals surface area contributed by atoms with Crippen molar-refractivity contribution in [2.45, 2.75) is 51.6 Å². The molecule has 0 radical (unpaired) electrons. The van der Waals surface area contributed by atoms with E-state index in [0.29, 0.717) is 5.41 Å². The summed E-state index contributed by atoms with van der Waals surface area (Å²) in [7, 11) is 0. The Labute approximate surface area is 81.0 Å². The van der Waals surface area contributed by atoms with Crippen molar-refractivity contribution in [3.8, 4) is 0 Å². The van der Waals surface area contributed by atoms with Crippen molar-refractivity contribution < 1.29 is 4.74 Å². The Balaban J connectivity index is 1.73. The van der Waals surface area contributed by atoms with Crippen LogP contribution in [0.2, 0.25) is 0 Å². The predicted molar refractivity (Wildman–Crippen MR) is 53.8 cm³/mol. The zero-order valence-electron chi connectivity index (χ0n) is 8.81. The van der Waals surface area contributed by atoms with Crippen molar-refractivity contribution >= 4 is 0 Å². The second kappa shape index (κ2) is 3.58. The third-order valence-corrected chi connectivity index (χ3v) is 3.82. The van der Waals surface area contributed by atoms with Crippen molar-refractivity contribution in [1.82, 2.24) is 5.32 Å². The summed E-state index contributed by atoms with van der Waals surface area (Å²) in [6.07, 6.45) is 5.10. The van der Waals surface area contributed by atoms with Crippen LogP contribution in [0.5, 0.6) is 0 Å². The Morgan fingerprint density at radius 3 is 2.62 bits per heavy atom. The van der Waals surface area contributed by atoms with E-state index in [0.717, 1.165) is 25.3 Å². The molecule has 1 N–H and O–H groups in total. The second-order valence-electron chi connectivity index (χ2n) is 4.82. The van der Waals surface area contributed by atoms with Gasteiger partial charge < -0.3 is 10.1 Å². The van der Waals surface area contributed by atoms with Gasteiger partial charge in [0.2, 0.25) is 0 Å². The standard InChI is InChI=1S/C11H21NO/c1-3-11(2)8-10(11)12-9-4-6-13-7-5-9/h9-10,12H,3-8H2,1-2H3. The Morgan fingerprint density at radius 1 is 1.38 bits per heavy atom. The molecule has 2 rings (SSSR count). The monoisotopic (exact) mass is 183 g/mol. The van der Waals surface area contributed by atoms with Crippen LogP contribution < -0.4 is 5.32 Å². The van der Waals surface area contributed by atoms with Gasteiger partial charge in [0.15, 0.2) is 0 Å². The van der Waals surface area contributed by atoms with E-state index in [1.807, 2.05) is 0 Å². The van der Waals surface area contributed by atoms with Crippen LogP contribution in [0, 0.1) is 5.41 Å². The van der Waals surface area contributed by atoms with Crippen LogP contribution in [0.3, 0.4) is 0 Å². The quantitative estimate of drug-likeness (QED) is 0.722. The van der Waals surface area contributed by atoms with Gasteiger partial charge >= 0.3 is 0 Å². The number of hydrogen-bond donors (Lipinski definition) is 1. The average molecular weight is 183 g/mol. The van der Waals surface area contributed by atoms with Crippen molar-refractivity contribution in [3.05, 3.63) is 0 Å². The Hall–Kier alpha value is -0.0800. The number of rotatable bonds is 3. The number of nitrogens with one attached hydrogen (secondary N) is 1. The van der Waals surface area contributed by atoms with Gasteiger partial charge in [-0.15, -0.1) is 0 Å². The fourth-order valence-electron chi connectivity index (χ4n) is 2.21. The summed E-state index contributed by atoms with van der Waals surface area (Å²) in [5.74, 6) is 0. The molecule has 2 unspecified atom stereocenters. The molecule has 0 spiro atoms. The molecule has 1 aliphatic heterocycles. The normalized spacial score (nSPS) is 40.6. The van der Waals surface area contributed by atoms with Crippen LogP contribution >= 0.6 is 0 Å². The minimum absolute atomic E-state index is 0.609. The van der Waals surface area contributed by atoms with Crippen LogP contribution in [0.1, 0.15) is 39.5 Å². The SMILES string of the molecule is CCC1(C)CC1NC1CCOCC1. The summed E-state index contributed by atoms with van der Waals surface area (Å²) in [6.45, 7) is 6.59. The average Bonchev–Trinajstić information content (AvgIpc) is 2.80. The zero-order chi connectivity index (χ0) is 9.31. The molecule has 2 heteroatoms. The molecular weight excluding hydrogens is 162 g/mol. The molecule has 1 saturated heterocycles. The second-order valence-corrected chi connectivity index (χ2v) is 4.82. The van der Waals surface area contributed by atoms with E-state index in [2.05, 4.69) is 19.2 Å². The summed E-state index contributed by atoms with van der Waals surface area (Å²) < 4.78 is 5.34. The minimum atomic E-state index is 0.609. The van der Waals surface area contributed by atoms with Gasteiger partial charge in [0.05, 0.1) is 0 Å². The van der Waals surface area contributed by atoms with Crippen molar-refractivity contribution in [2.75, 3.05) is 13.2 Å². The zero-order valence-corrected chi connectivity index (χ0v) is 8.81. The maximum absolute atomic E-state index is 5.34. The van der Waals surface area contributed by atoms with Crippen molar-refractivity contribution in [3.63, 3.8) is 0 Å². The van der Waals surface area contributed by atoms with E-state index in [1.165, 1.54) is 25.7 Å². The first-order valence-corrected chi connectivity index (χ1v) is 5.58. The lowest BCUT2D eigenvalue weighted by atomic mass is 10.0. The highest BCUT2D eigenvalue weighted by Gasteiger charge is 2.48. The third-order valence-electron chi connectivity index (χ3n) is 3.82. The molecule has 0 aromatic heterocycles. The number of hydrogen-bond acceptors (Lipinski definition) is 2. The van der Waals surface area contributed by atoms with Crippen molar-refractivity contribution in [1.29, 1.82) is 0 Å². The molecule has 1 heterocycles.